The predicted octanol–water partition coefficient (Wildman–Crippen LogP) is 2.63. The summed E-state index contributed by atoms with van der Waals surface area (Å²) < 4.78 is 73.4. The van der Waals surface area contributed by atoms with Crippen LogP contribution in [0, 0.1) is 29.1 Å². The fourth-order valence-corrected chi connectivity index (χ4v) is 1.28. The molecule has 0 atom stereocenters. The molecule has 0 bridgehead atoms. The summed E-state index contributed by atoms with van der Waals surface area (Å²) >= 11 is 0. The zero-order chi connectivity index (χ0) is 16.2. The van der Waals surface area contributed by atoms with Gasteiger partial charge in [-0.2, -0.15) is 8.78 Å². The summed E-state index contributed by atoms with van der Waals surface area (Å²) in [6.45, 7) is 1.58. The summed E-state index contributed by atoms with van der Waals surface area (Å²) in [5.41, 5.74) is 0. The van der Waals surface area contributed by atoms with Gasteiger partial charge in [0.1, 0.15) is 0 Å². The van der Waals surface area contributed by atoms with Crippen molar-refractivity contribution in [3.63, 3.8) is 0 Å². The van der Waals surface area contributed by atoms with Crippen LogP contribution in [0.2, 0.25) is 0 Å². The molecular weight excluding hydrogens is 303 g/mol. The molecular formula is C12H9F5O4. The van der Waals surface area contributed by atoms with Crippen molar-refractivity contribution in [2.24, 2.45) is 0 Å². The molecule has 4 nitrogen and oxygen atoms in total. The van der Waals surface area contributed by atoms with Crippen molar-refractivity contribution >= 4 is 11.9 Å². The van der Waals surface area contributed by atoms with Crippen LogP contribution in [0.15, 0.2) is 0 Å². The molecule has 9 heteroatoms. The lowest BCUT2D eigenvalue weighted by Crippen LogP contribution is -2.15. The van der Waals surface area contributed by atoms with Crippen molar-refractivity contribution in [2.75, 3.05) is 6.61 Å². The van der Waals surface area contributed by atoms with E-state index < -0.39 is 59.6 Å². The first kappa shape index (κ1) is 16.9. The lowest BCUT2D eigenvalue weighted by molar-refractivity contribution is -0.146. The minimum atomic E-state index is -2.36. The fourth-order valence-electron chi connectivity index (χ4n) is 1.28. The number of hydrogen-bond donors (Lipinski definition) is 0. The summed E-state index contributed by atoms with van der Waals surface area (Å²) in [5.74, 6) is -15.2. The molecule has 0 fully saturated rings. The van der Waals surface area contributed by atoms with Gasteiger partial charge >= 0.3 is 11.9 Å². The van der Waals surface area contributed by atoms with Crippen LogP contribution >= 0.6 is 0 Å². The first-order chi connectivity index (χ1) is 9.79. The Labute approximate surface area is 115 Å². The highest BCUT2D eigenvalue weighted by molar-refractivity contribution is 5.79. The van der Waals surface area contributed by atoms with Gasteiger partial charge in [-0.05, 0) is 6.92 Å². The molecule has 1 aromatic carbocycles. The van der Waals surface area contributed by atoms with Crippen LogP contribution in [0.1, 0.15) is 19.8 Å². The number of benzene rings is 1. The summed E-state index contributed by atoms with van der Waals surface area (Å²) in [6.07, 6.45) is -1.10. The lowest BCUT2D eigenvalue weighted by Gasteiger charge is -2.08. The maximum Gasteiger partial charge on any atom is 0.311 e. The molecule has 0 aromatic heterocycles. The van der Waals surface area contributed by atoms with Gasteiger partial charge in [0.05, 0.1) is 19.4 Å². The quantitative estimate of drug-likeness (QED) is 0.276. The zero-order valence-electron chi connectivity index (χ0n) is 10.6. The second-order valence-corrected chi connectivity index (χ2v) is 3.68. The number of ether oxygens (including phenoxy) is 2. The number of esters is 2. The van der Waals surface area contributed by atoms with Gasteiger partial charge in [-0.15, -0.1) is 0 Å². The third kappa shape index (κ3) is 3.89. The molecule has 0 saturated heterocycles. The Morgan fingerprint density at radius 3 is 1.71 bits per heavy atom. The second kappa shape index (κ2) is 7.00. The number of rotatable bonds is 5. The lowest BCUT2D eigenvalue weighted by atomic mass is 10.2. The predicted molar refractivity (Wildman–Crippen MR) is 57.7 cm³/mol. The van der Waals surface area contributed by atoms with Gasteiger partial charge < -0.3 is 9.47 Å². The Kier molecular flexibility index (Phi) is 5.62. The van der Waals surface area contributed by atoms with Crippen molar-refractivity contribution in [1.29, 1.82) is 0 Å². The van der Waals surface area contributed by atoms with E-state index in [1.165, 1.54) is 6.92 Å². The molecule has 21 heavy (non-hydrogen) atoms. The van der Waals surface area contributed by atoms with Crippen LogP contribution < -0.4 is 4.74 Å². The van der Waals surface area contributed by atoms with Gasteiger partial charge in [0.15, 0.2) is 0 Å². The molecule has 1 rings (SSSR count). The third-order valence-electron chi connectivity index (χ3n) is 2.22. The average molecular weight is 312 g/mol. The monoisotopic (exact) mass is 312 g/mol. The number of halogens is 5. The van der Waals surface area contributed by atoms with Gasteiger partial charge in [-0.1, -0.05) is 0 Å². The Morgan fingerprint density at radius 2 is 1.24 bits per heavy atom. The highest BCUT2D eigenvalue weighted by atomic mass is 19.2. The number of carbonyl (C=O) groups excluding carboxylic acids is 2. The molecule has 0 radical (unpaired) electrons. The van der Waals surface area contributed by atoms with Crippen molar-refractivity contribution in [1.82, 2.24) is 0 Å². The molecule has 1 aromatic rings. The van der Waals surface area contributed by atoms with E-state index in [-0.39, 0.29) is 6.61 Å². The van der Waals surface area contributed by atoms with Crippen molar-refractivity contribution < 1.29 is 41.0 Å². The van der Waals surface area contributed by atoms with E-state index in [4.69, 9.17) is 0 Å². The van der Waals surface area contributed by atoms with E-state index >= 15 is 0 Å². The maximum atomic E-state index is 13.2. The van der Waals surface area contributed by atoms with E-state index in [1.54, 1.807) is 0 Å². The van der Waals surface area contributed by atoms with Crippen LogP contribution in [0.5, 0.6) is 5.75 Å². The molecule has 0 aliphatic carbocycles. The molecule has 0 unspecified atom stereocenters. The van der Waals surface area contributed by atoms with Crippen LogP contribution in [0.25, 0.3) is 0 Å². The molecule has 116 valence electrons. The molecule has 0 amide bonds. The molecule has 0 heterocycles. The Morgan fingerprint density at radius 1 is 0.810 bits per heavy atom. The molecule has 0 N–H and O–H groups in total. The number of hydrogen-bond acceptors (Lipinski definition) is 4. The van der Waals surface area contributed by atoms with E-state index in [0.29, 0.717) is 0 Å². The van der Waals surface area contributed by atoms with Gasteiger partial charge in [0, 0.05) is 0 Å². The third-order valence-corrected chi connectivity index (χ3v) is 2.22. The highest BCUT2D eigenvalue weighted by Crippen LogP contribution is 2.29. The smallest absolute Gasteiger partial charge is 0.311 e. The van der Waals surface area contributed by atoms with Crippen molar-refractivity contribution in [2.45, 2.75) is 19.8 Å². The summed E-state index contributed by atoms with van der Waals surface area (Å²) in [4.78, 5) is 22.2. The maximum absolute atomic E-state index is 13.2. The minimum Gasteiger partial charge on any atom is -0.466 e. The van der Waals surface area contributed by atoms with E-state index in [2.05, 4.69) is 9.47 Å². The standard InChI is InChI=1S/C12H9F5O4/c1-2-20-5(18)3-4-6(19)21-12-10(16)8(14)7(13)9(15)11(12)17/h2-4H2,1H3. The molecule has 0 aliphatic heterocycles. The van der Waals surface area contributed by atoms with Crippen LogP contribution in [-0.4, -0.2) is 18.5 Å². The summed E-state index contributed by atoms with van der Waals surface area (Å²) in [5, 5.41) is 0. The SMILES string of the molecule is CCOC(=O)CCC(=O)Oc1c(F)c(F)c(F)c(F)c1F. The van der Waals surface area contributed by atoms with Crippen LogP contribution in [-0.2, 0) is 14.3 Å². The Balaban J connectivity index is 2.84. The topological polar surface area (TPSA) is 52.6 Å². The van der Waals surface area contributed by atoms with E-state index in [0.717, 1.165) is 0 Å². The highest BCUT2D eigenvalue weighted by Gasteiger charge is 2.28. The Hall–Kier alpha value is -2.19. The first-order valence-electron chi connectivity index (χ1n) is 5.67. The van der Waals surface area contributed by atoms with E-state index in [9.17, 15) is 31.5 Å². The van der Waals surface area contributed by atoms with Crippen molar-refractivity contribution in [3.05, 3.63) is 29.1 Å². The van der Waals surface area contributed by atoms with Gasteiger partial charge in [-0.3, -0.25) is 9.59 Å². The van der Waals surface area contributed by atoms with Gasteiger partial charge in [-0.25, -0.2) is 13.2 Å². The second-order valence-electron chi connectivity index (χ2n) is 3.68. The normalized spacial score (nSPS) is 10.4. The Bertz CT molecular complexity index is 544. The molecule has 0 aliphatic rings. The average Bonchev–Trinajstić information content (AvgIpc) is 2.46. The molecule has 0 saturated carbocycles. The fraction of sp³-hybridized carbons (Fsp3) is 0.333. The van der Waals surface area contributed by atoms with Gasteiger partial charge in [0.2, 0.25) is 34.8 Å². The first-order valence-corrected chi connectivity index (χ1v) is 5.67. The van der Waals surface area contributed by atoms with Crippen LogP contribution in [0.4, 0.5) is 22.0 Å². The number of carbonyl (C=O) groups is 2. The summed E-state index contributed by atoms with van der Waals surface area (Å²) in [6, 6.07) is 0. The summed E-state index contributed by atoms with van der Waals surface area (Å²) in [7, 11) is 0. The largest absolute Gasteiger partial charge is 0.466 e. The van der Waals surface area contributed by atoms with E-state index in [1.807, 2.05) is 0 Å². The van der Waals surface area contributed by atoms with Gasteiger partial charge in [0.25, 0.3) is 0 Å². The minimum absolute atomic E-state index is 0.0610. The molecule has 0 spiro atoms. The van der Waals surface area contributed by atoms with Crippen molar-refractivity contribution in [3.8, 4) is 5.75 Å². The van der Waals surface area contributed by atoms with Crippen LogP contribution in [0.3, 0.4) is 0 Å². The zero-order valence-corrected chi connectivity index (χ0v) is 10.6.